The summed E-state index contributed by atoms with van der Waals surface area (Å²) >= 11 is 1.28. The van der Waals surface area contributed by atoms with Crippen LogP contribution in [0.3, 0.4) is 0 Å². The van der Waals surface area contributed by atoms with Crippen molar-refractivity contribution in [3.63, 3.8) is 0 Å². The Hall–Kier alpha value is -3.19. The van der Waals surface area contributed by atoms with Gasteiger partial charge < -0.3 is 4.42 Å². The maximum absolute atomic E-state index is 13.1. The van der Waals surface area contributed by atoms with E-state index in [1.165, 1.54) is 36.0 Å². The van der Waals surface area contributed by atoms with E-state index in [0.29, 0.717) is 22.3 Å². The summed E-state index contributed by atoms with van der Waals surface area (Å²) in [5, 5.41) is 9.09. The third-order valence-electron chi connectivity index (χ3n) is 4.17. The Morgan fingerprint density at radius 1 is 1.07 bits per heavy atom. The number of thioether (sulfide) groups is 1. The lowest BCUT2D eigenvalue weighted by Gasteiger charge is -2.09. The summed E-state index contributed by atoms with van der Waals surface area (Å²) < 4.78 is 20.4. The topological polar surface area (TPSA) is 60.9 Å². The number of halogens is 1. The van der Waals surface area contributed by atoms with Crippen molar-refractivity contribution >= 4 is 17.5 Å². The number of aryl methyl sites for hydroxylation is 1. The summed E-state index contributed by atoms with van der Waals surface area (Å²) in [7, 11) is 0. The minimum absolute atomic E-state index is 0.108. The first-order valence-corrected chi connectivity index (χ1v) is 9.58. The van der Waals surface area contributed by atoms with Crippen LogP contribution in [0.4, 0.5) is 4.39 Å². The van der Waals surface area contributed by atoms with Gasteiger partial charge in [0, 0.05) is 11.3 Å². The van der Waals surface area contributed by atoms with Crippen LogP contribution in [-0.4, -0.2) is 26.3 Å². The van der Waals surface area contributed by atoms with Crippen LogP contribution in [0, 0.1) is 12.7 Å². The molecule has 0 aliphatic rings. The van der Waals surface area contributed by atoms with Gasteiger partial charge in [-0.15, -0.1) is 10.2 Å². The fourth-order valence-corrected chi connectivity index (χ4v) is 3.55. The second kappa shape index (κ2) is 7.82. The molecule has 0 saturated heterocycles. The number of nitrogens with zero attached hydrogens (tertiary/aromatic N) is 3. The van der Waals surface area contributed by atoms with E-state index in [0.717, 1.165) is 11.3 Å². The molecule has 0 radical (unpaired) electrons. The highest BCUT2D eigenvalue weighted by Gasteiger charge is 2.19. The molecule has 0 unspecified atom stereocenters. The molecule has 5 nitrogen and oxygen atoms in total. The molecular formula is C21H16FN3O2S. The monoisotopic (exact) mass is 393 g/mol. The van der Waals surface area contributed by atoms with E-state index < -0.39 is 0 Å². The number of carbonyl (C=O) groups excluding carboxylic acids is 1. The maximum Gasteiger partial charge on any atom is 0.205 e. The van der Waals surface area contributed by atoms with Crippen molar-refractivity contribution in [2.45, 2.75) is 12.1 Å². The summed E-state index contributed by atoms with van der Waals surface area (Å²) in [6.07, 6.45) is 1.58. The number of carbonyl (C=O) groups is 1. The first-order valence-electron chi connectivity index (χ1n) is 8.60. The van der Waals surface area contributed by atoms with E-state index in [-0.39, 0.29) is 17.4 Å². The van der Waals surface area contributed by atoms with Gasteiger partial charge in [-0.2, -0.15) is 0 Å². The molecule has 0 amide bonds. The third kappa shape index (κ3) is 3.75. The largest absolute Gasteiger partial charge is 0.461 e. The van der Waals surface area contributed by atoms with Gasteiger partial charge in [-0.1, -0.05) is 29.5 Å². The zero-order valence-corrected chi connectivity index (χ0v) is 15.8. The zero-order chi connectivity index (χ0) is 19.5. The van der Waals surface area contributed by atoms with Crippen LogP contribution < -0.4 is 0 Å². The number of rotatable bonds is 6. The molecule has 0 atom stereocenters. The van der Waals surface area contributed by atoms with Crippen molar-refractivity contribution in [1.29, 1.82) is 0 Å². The quantitative estimate of drug-likeness (QED) is 0.343. The summed E-state index contributed by atoms with van der Waals surface area (Å²) in [6, 6.07) is 17.1. The van der Waals surface area contributed by atoms with E-state index in [1.807, 2.05) is 41.8 Å². The highest BCUT2D eigenvalue weighted by Crippen LogP contribution is 2.28. The Morgan fingerprint density at radius 3 is 2.50 bits per heavy atom. The van der Waals surface area contributed by atoms with Crippen LogP contribution in [0.15, 0.2) is 76.5 Å². The smallest absolute Gasteiger partial charge is 0.205 e. The van der Waals surface area contributed by atoms with Crippen molar-refractivity contribution in [3.8, 4) is 17.3 Å². The van der Waals surface area contributed by atoms with Gasteiger partial charge in [-0.25, -0.2) is 4.39 Å². The van der Waals surface area contributed by atoms with Crippen LogP contribution >= 0.6 is 11.8 Å². The van der Waals surface area contributed by atoms with Gasteiger partial charge in [0.2, 0.25) is 5.82 Å². The highest BCUT2D eigenvalue weighted by atomic mass is 32.2. The number of hydrogen-bond acceptors (Lipinski definition) is 5. The minimum Gasteiger partial charge on any atom is -0.461 e. The molecule has 28 heavy (non-hydrogen) atoms. The molecule has 2 heterocycles. The summed E-state index contributed by atoms with van der Waals surface area (Å²) in [6.45, 7) is 2.01. The van der Waals surface area contributed by atoms with Crippen molar-refractivity contribution in [2.24, 2.45) is 0 Å². The molecule has 0 saturated carbocycles. The molecule has 0 fully saturated rings. The van der Waals surface area contributed by atoms with Crippen LogP contribution in [0.1, 0.15) is 15.9 Å². The lowest BCUT2D eigenvalue weighted by Crippen LogP contribution is -2.05. The molecule has 0 N–H and O–H groups in total. The Morgan fingerprint density at radius 2 is 1.82 bits per heavy atom. The van der Waals surface area contributed by atoms with E-state index in [1.54, 1.807) is 12.3 Å². The third-order valence-corrected chi connectivity index (χ3v) is 5.09. The van der Waals surface area contributed by atoms with Gasteiger partial charge in [0.1, 0.15) is 5.82 Å². The average Bonchev–Trinajstić information content (AvgIpc) is 3.37. The van der Waals surface area contributed by atoms with Gasteiger partial charge in [-0.3, -0.25) is 9.36 Å². The van der Waals surface area contributed by atoms with E-state index in [9.17, 15) is 9.18 Å². The molecule has 7 heteroatoms. The number of Topliss-reactive ketones (excluding diaryl/α,β-unsaturated/α-hetero) is 1. The molecule has 4 rings (SSSR count). The molecule has 0 aliphatic heterocycles. The predicted molar refractivity (Wildman–Crippen MR) is 105 cm³/mol. The minimum atomic E-state index is -0.369. The first kappa shape index (κ1) is 18.2. The van der Waals surface area contributed by atoms with Gasteiger partial charge in [0.05, 0.1) is 12.0 Å². The molecule has 0 aliphatic carbocycles. The maximum atomic E-state index is 13.1. The number of benzene rings is 2. The molecular weight excluding hydrogens is 377 g/mol. The normalized spacial score (nSPS) is 10.9. The average molecular weight is 393 g/mol. The van der Waals surface area contributed by atoms with Crippen molar-refractivity contribution in [1.82, 2.24) is 14.8 Å². The van der Waals surface area contributed by atoms with Crippen molar-refractivity contribution in [2.75, 3.05) is 5.75 Å². The number of ketones is 1. The van der Waals surface area contributed by atoms with Crippen molar-refractivity contribution < 1.29 is 13.6 Å². The fourth-order valence-electron chi connectivity index (χ4n) is 2.70. The first-order chi connectivity index (χ1) is 13.6. The van der Waals surface area contributed by atoms with Gasteiger partial charge in [0.15, 0.2) is 16.7 Å². The summed E-state index contributed by atoms with van der Waals surface area (Å²) in [5.41, 5.74) is 2.47. The molecule has 2 aromatic heterocycles. The molecule has 0 bridgehead atoms. The molecule has 2 aromatic carbocycles. The van der Waals surface area contributed by atoms with Crippen LogP contribution in [0.5, 0.6) is 0 Å². The molecule has 4 aromatic rings. The van der Waals surface area contributed by atoms with Crippen LogP contribution in [0.2, 0.25) is 0 Å². The summed E-state index contributed by atoms with van der Waals surface area (Å²) in [5.74, 6) is 0.832. The second-order valence-electron chi connectivity index (χ2n) is 6.17. The van der Waals surface area contributed by atoms with Crippen LogP contribution in [0.25, 0.3) is 17.3 Å². The Balaban J connectivity index is 1.64. The SMILES string of the molecule is Cc1ccc(-n2c(SCC(=O)c3ccc(F)cc3)nnc2-c2ccco2)cc1. The highest BCUT2D eigenvalue weighted by molar-refractivity contribution is 7.99. The van der Waals surface area contributed by atoms with Crippen molar-refractivity contribution in [3.05, 3.63) is 83.9 Å². The predicted octanol–water partition coefficient (Wildman–Crippen LogP) is 4.95. The van der Waals surface area contributed by atoms with E-state index in [2.05, 4.69) is 10.2 Å². The van der Waals surface area contributed by atoms with Gasteiger partial charge in [-0.05, 0) is 55.5 Å². The zero-order valence-electron chi connectivity index (χ0n) is 15.0. The lowest BCUT2D eigenvalue weighted by atomic mass is 10.1. The van der Waals surface area contributed by atoms with Gasteiger partial charge in [0.25, 0.3) is 0 Å². The number of aromatic nitrogens is 3. The van der Waals surface area contributed by atoms with E-state index in [4.69, 9.17) is 4.42 Å². The fraction of sp³-hybridized carbons (Fsp3) is 0.0952. The summed E-state index contributed by atoms with van der Waals surface area (Å²) in [4.78, 5) is 12.4. The molecule has 0 spiro atoms. The Bertz CT molecular complexity index is 1090. The number of hydrogen-bond donors (Lipinski definition) is 0. The molecule has 140 valence electrons. The number of furan rings is 1. The lowest BCUT2D eigenvalue weighted by molar-refractivity contribution is 0.102. The van der Waals surface area contributed by atoms with Crippen LogP contribution in [-0.2, 0) is 0 Å². The van der Waals surface area contributed by atoms with E-state index >= 15 is 0 Å². The standard InChI is InChI=1S/C21H16FN3O2S/c1-14-4-10-17(11-5-14)25-20(19-3-2-12-27-19)23-24-21(25)28-13-18(26)15-6-8-16(22)9-7-15/h2-12H,13H2,1H3. The second-order valence-corrected chi connectivity index (χ2v) is 7.12. The Kier molecular flexibility index (Phi) is 5.08. The van der Waals surface area contributed by atoms with Gasteiger partial charge >= 0.3 is 0 Å². The Labute approximate surface area is 165 Å².